The molecule has 3 unspecified atom stereocenters. The number of carbonyl (C=O) groups excluding carboxylic acids is 1. The molecule has 2 aliphatic rings. The molecule has 0 bridgehead atoms. The van der Waals surface area contributed by atoms with E-state index in [-0.39, 0.29) is 17.9 Å². The number of likely N-dealkylation sites (tertiary alicyclic amines) is 1. The van der Waals surface area contributed by atoms with Crippen molar-refractivity contribution in [2.24, 2.45) is 0 Å². The van der Waals surface area contributed by atoms with Crippen molar-refractivity contribution in [2.75, 3.05) is 13.1 Å². The van der Waals surface area contributed by atoms with Gasteiger partial charge in [-0.15, -0.1) is 0 Å². The van der Waals surface area contributed by atoms with Gasteiger partial charge in [-0.25, -0.2) is 10.4 Å². The summed E-state index contributed by atoms with van der Waals surface area (Å²) in [6.45, 7) is 4.47. The van der Waals surface area contributed by atoms with Gasteiger partial charge in [0.25, 0.3) is 0 Å². The molecule has 7 nitrogen and oxygen atoms in total. The Bertz CT molecular complexity index is 745. The van der Waals surface area contributed by atoms with Crippen LogP contribution in [0.1, 0.15) is 43.5 Å². The zero-order valence-corrected chi connectivity index (χ0v) is 15.1. The van der Waals surface area contributed by atoms with Crippen molar-refractivity contribution in [3.8, 4) is 0 Å². The lowest BCUT2D eigenvalue weighted by Gasteiger charge is -2.34. The number of piperidine rings is 1. The minimum atomic E-state index is -0.111. The van der Waals surface area contributed by atoms with Crippen molar-refractivity contribution in [3.05, 3.63) is 48.3 Å². The Kier molecular flexibility index (Phi) is 4.99. The molecule has 2 aromatic heterocycles. The van der Waals surface area contributed by atoms with Crippen LogP contribution >= 0.6 is 0 Å². The predicted octanol–water partition coefficient (Wildman–Crippen LogP) is 1.29. The summed E-state index contributed by atoms with van der Waals surface area (Å²) in [6, 6.07) is 4.28. The molecule has 4 rings (SSSR count). The van der Waals surface area contributed by atoms with Gasteiger partial charge in [0.15, 0.2) is 0 Å². The van der Waals surface area contributed by atoms with Gasteiger partial charge < -0.3 is 9.47 Å². The number of hydrogen-bond acceptors (Lipinski definition) is 5. The Balaban J connectivity index is 1.45. The number of amides is 1. The van der Waals surface area contributed by atoms with Crippen molar-refractivity contribution in [2.45, 2.75) is 50.7 Å². The van der Waals surface area contributed by atoms with Crippen LogP contribution in [0.15, 0.2) is 36.9 Å². The molecule has 0 saturated carbocycles. The largest absolute Gasteiger partial charge is 0.341 e. The lowest BCUT2D eigenvalue weighted by Crippen LogP contribution is -2.49. The molecule has 0 radical (unpaired) electrons. The molecule has 26 heavy (non-hydrogen) atoms. The van der Waals surface area contributed by atoms with Crippen LogP contribution in [0.4, 0.5) is 0 Å². The Morgan fingerprint density at radius 2 is 2.12 bits per heavy atom. The lowest BCUT2D eigenvalue weighted by atomic mass is 9.96. The highest BCUT2D eigenvalue weighted by Gasteiger charge is 2.34. The molecule has 2 saturated heterocycles. The second-order valence-corrected chi connectivity index (χ2v) is 7.37. The molecule has 0 aliphatic carbocycles. The summed E-state index contributed by atoms with van der Waals surface area (Å²) in [4.78, 5) is 23.5. The lowest BCUT2D eigenvalue weighted by molar-refractivity contribution is -0.134. The van der Waals surface area contributed by atoms with Crippen LogP contribution in [0.2, 0.25) is 0 Å². The smallest absolute Gasteiger partial charge is 0.241 e. The molecule has 3 atom stereocenters. The van der Waals surface area contributed by atoms with Gasteiger partial charge in [-0.1, -0.05) is 0 Å². The molecule has 0 spiro atoms. The van der Waals surface area contributed by atoms with Crippen molar-refractivity contribution < 1.29 is 4.79 Å². The SMILES string of the molecule is CC1CC(C(=O)N2CCCC(c3nccn3Cc3ccncc3)C2)NN1. The summed E-state index contributed by atoms with van der Waals surface area (Å²) >= 11 is 0. The van der Waals surface area contributed by atoms with Crippen LogP contribution in [-0.2, 0) is 11.3 Å². The van der Waals surface area contributed by atoms with Crippen LogP contribution in [0.5, 0.6) is 0 Å². The molecular formula is C19H26N6O. The monoisotopic (exact) mass is 354 g/mol. The van der Waals surface area contributed by atoms with Crippen molar-refractivity contribution >= 4 is 5.91 Å². The fourth-order valence-corrected chi connectivity index (χ4v) is 3.98. The quantitative estimate of drug-likeness (QED) is 0.865. The number of hydrazine groups is 1. The molecular weight excluding hydrogens is 328 g/mol. The molecule has 2 N–H and O–H groups in total. The maximum atomic E-state index is 12.8. The summed E-state index contributed by atoms with van der Waals surface area (Å²) in [5, 5.41) is 0. The maximum absolute atomic E-state index is 12.8. The number of nitrogens with zero attached hydrogens (tertiary/aromatic N) is 4. The molecule has 2 aromatic rings. The van der Waals surface area contributed by atoms with E-state index in [4.69, 9.17) is 0 Å². The van der Waals surface area contributed by atoms with E-state index in [1.807, 2.05) is 41.8 Å². The molecule has 2 aliphatic heterocycles. The molecule has 7 heteroatoms. The summed E-state index contributed by atoms with van der Waals surface area (Å²) in [5.74, 6) is 1.57. The number of imidazole rings is 1. The van der Waals surface area contributed by atoms with Gasteiger partial charge in [-0.3, -0.25) is 15.2 Å². The minimum absolute atomic E-state index is 0.111. The van der Waals surface area contributed by atoms with E-state index in [9.17, 15) is 4.79 Å². The third kappa shape index (κ3) is 3.64. The third-order valence-electron chi connectivity index (χ3n) is 5.34. The van der Waals surface area contributed by atoms with E-state index in [0.29, 0.717) is 6.04 Å². The maximum Gasteiger partial charge on any atom is 0.241 e. The van der Waals surface area contributed by atoms with Gasteiger partial charge in [0.2, 0.25) is 5.91 Å². The zero-order valence-electron chi connectivity index (χ0n) is 15.1. The van der Waals surface area contributed by atoms with Gasteiger partial charge in [0.05, 0.1) is 0 Å². The number of carbonyl (C=O) groups is 1. The molecule has 4 heterocycles. The van der Waals surface area contributed by atoms with E-state index >= 15 is 0 Å². The Labute approximate surface area is 153 Å². The minimum Gasteiger partial charge on any atom is -0.341 e. The fraction of sp³-hybridized carbons (Fsp3) is 0.526. The number of hydrogen-bond donors (Lipinski definition) is 2. The first-order valence-corrected chi connectivity index (χ1v) is 9.40. The number of rotatable bonds is 4. The van der Waals surface area contributed by atoms with Crippen molar-refractivity contribution in [3.63, 3.8) is 0 Å². The highest BCUT2D eigenvalue weighted by molar-refractivity contribution is 5.82. The first-order chi connectivity index (χ1) is 12.7. The second-order valence-electron chi connectivity index (χ2n) is 7.37. The van der Waals surface area contributed by atoms with E-state index in [2.05, 4.69) is 32.3 Å². The van der Waals surface area contributed by atoms with Gasteiger partial charge in [-0.2, -0.15) is 0 Å². The van der Waals surface area contributed by atoms with Gasteiger partial charge in [0.1, 0.15) is 11.9 Å². The van der Waals surface area contributed by atoms with Crippen LogP contribution in [0.3, 0.4) is 0 Å². The van der Waals surface area contributed by atoms with E-state index in [0.717, 1.165) is 44.7 Å². The first-order valence-electron chi connectivity index (χ1n) is 9.40. The van der Waals surface area contributed by atoms with E-state index < -0.39 is 0 Å². The normalized spacial score (nSPS) is 26.2. The molecule has 1 amide bonds. The Morgan fingerprint density at radius 1 is 1.27 bits per heavy atom. The molecule has 138 valence electrons. The predicted molar refractivity (Wildman–Crippen MR) is 98.3 cm³/mol. The first kappa shape index (κ1) is 17.2. The van der Waals surface area contributed by atoms with Gasteiger partial charge in [-0.05, 0) is 43.9 Å². The summed E-state index contributed by atoms with van der Waals surface area (Å²) in [6.07, 6.45) is 10.5. The third-order valence-corrected chi connectivity index (χ3v) is 5.34. The Hall–Kier alpha value is -2.25. The second kappa shape index (κ2) is 7.55. The summed E-state index contributed by atoms with van der Waals surface area (Å²) in [7, 11) is 0. The molecule has 0 aromatic carbocycles. The average Bonchev–Trinajstić information content (AvgIpc) is 3.31. The number of pyridine rings is 1. The molecule has 2 fully saturated rings. The Morgan fingerprint density at radius 3 is 2.88 bits per heavy atom. The van der Waals surface area contributed by atoms with E-state index in [1.54, 1.807) is 0 Å². The number of aromatic nitrogens is 3. The van der Waals surface area contributed by atoms with Gasteiger partial charge in [0, 0.05) is 56.4 Å². The zero-order chi connectivity index (χ0) is 17.9. The highest BCUT2D eigenvalue weighted by Crippen LogP contribution is 2.27. The fourth-order valence-electron chi connectivity index (χ4n) is 3.98. The van der Waals surface area contributed by atoms with Crippen molar-refractivity contribution in [1.29, 1.82) is 0 Å². The van der Waals surface area contributed by atoms with E-state index in [1.165, 1.54) is 5.56 Å². The topological polar surface area (TPSA) is 75.1 Å². The summed E-state index contributed by atoms with van der Waals surface area (Å²) in [5.41, 5.74) is 7.48. The van der Waals surface area contributed by atoms with Crippen molar-refractivity contribution in [1.82, 2.24) is 30.3 Å². The van der Waals surface area contributed by atoms with Gasteiger partial charge >= 0.3 is 0 Å². The summed E-state index contributed by atoms with van der Waals surface area (Å²) < 4.78 is 2.20. The van der Waals surface area contributed by atoms with Crippen LogP contribution in [0.25, 0.3) is 0 Å². The van der Waals surface area contributed by atoms with Crippen LogP contribution in [-0.4, -0.2) is 50.5 Å². The van der Waals surface area contributed by atoms with Crippen LogP contribution in [0, 0.1) is 0 Å². The van der Waals surface area contributed by atoms with Crippen LogP contribution < -0.4 is 10.9 Å². The standard InChI is InChI=1S/C19H26N6O/c1-14-11-17(23-22-14)19(26)25-9-2-3-16(13-25)18-21-8-10-24(18)12-15-4-6-20-7-5-15/h4-8,10,14,16-17,22-23H,2-3,9,11-13H2,1H3. The number of nitrogens with one attached hydrogen (secondary N) is 2. The highest BCUT2D eigenvalue weighted by atomic mass is 16.2. The average molecular weight is 354 g/mol.